The normalized spacial score (nSPS) is 11.5. The Balaban J connectivity index is 3.43. The quantitative estimate of drug-likeness (QED) is 0.802. The number of aromatic nitrogens is 1. The van der Waals surface area contributed by atoms with Crippen LogP contribution in [0.1, 0.15) is 0 Å². The van der Waals surface area contributed by atoms with Gasteiger partial charge in [-0.3, -0.25) is 0 Å². The first-order chi connectivity index (χ1) is 5.41. The second-order valence-corrected chi connectivity index (χ2v) is 5.21. The summed E-state index contributed by atoms with van der Waals surface area (Å²) in [5.74, 6) is 0.0284. The molecule has 0 aliphatic carbocycles. The van der Waals surface area contributed by atoms with Gasteiger partial charge >= 0.3 is 0 Å². The lowest BCUT2D eigenvalue weighted by atomic mass is 10.5. The lowest BCUT2D eigenvalue weighted by Crippen LogP contribution is -2.03. The molecule has 0 aliphatic rings. The molecule has 4 nitrogen and oxygen atoms in total. The van der Waals surface area contributed by atoms with Gasteiger partial charge in [0.05, 0.1) is 0 Å². The van der Waals surface area contributed by atoms with E-state index in [0.29, 0.717) is 4.47 Å². The van der Waals surface area contributed by atoms with Gasteiger partial charge in [-0.1, -0.05) is 0 Å². The largest absolute Gasteiger partial charge is 0.383 e. The average molecular weight is 251 g/mol. The summed E-state index contributed by atoms with van der Waals surface area (Å²) in [7, 11) is -3.27. The van der Waals surface area contributed by atoms with Gasteiger partial charge in [0.15, 0.2) is 9.84 Å². The maximum absolute atomic E-state index is 11.1. The summed E-state index contributed by atoms with van der Waals surface area (Å²) in [6.07, 6.45) is 2.54. The number of pyridine rings is 1. The van der Waals surface area contributed by atoms with E-state index in [1.165, 1.54) is 12.3 Å². The van der Waals surface area contributed by atoms with E-state index in [-0.39, 0.29) is 10.7 Å². The molecule has 0 radical (unpaired) electrons. The first kappa shape index (κ1) is 9.47. The van der Waals surface area contributed by atoms with Crippen molar-refractivity contribution >= 4 is 31.6 Å². The van der Waals surface area contributed by atoms with Crippen molar-refractivity contribution in [2.24, 2.45) is 0 Å². The number of sulfone groups is 1. The Bertz CT molecular complexity index is 402. The maximum Gasteiger partial charge on any atom is 0.179 e. The molecular formula is C6H7BrN2O2S. The number of nitrogens with two attached hydrogens (primary N) is 1. The van der Waals surface area contributed by atoms with Crippen LogP contribution in [-0.4, -0.2) is 19.7 Å². The molecule has 0 saturated heterocycles. The number of nitrogen functional groups attached to an aromatic ring is 1. The Kier molecular flexibility index (Phi) is 2.39. The van der Waals surface area contributed by atoms with Crippen molar-refractivity contribution in [2.45, 2.75) is 4.90 Å². The third kappa shape index (κ3) is 1.95. The molecule has 12 heavy (non-hydrogen) atoms. The molecule has 0 atom stereocenters. The zero-order valence-corrected chi connectivity index (χ0v) is 8.68. The van der Waals surface area contributed by atoms with E-state index in [1.807, 2.05) is 0 Å². The van der Waals surface area contributed by atoms with Crippen molar-refractivity contribution < 1.29 is 8.42 Å². The topological polar surface area (TPSA) is 73.0 Å². The fourth-order valence-electron chi connectivity index (χ4n) is 0.728. The smallest absolute Gasteiger partial charge is 0.179 e. The molecule has 6 heteroatoms. The van der Waals surface area contributed by atoms with Crippen LogP contribution in [0, 0.1) is 0 Å². The van der Waals surface area contributed by atoms with Crippen LogP contribution in [0.4, 0.5) is 5.82 Å². The molecule has 0 saturated carbocycles. The van der Waals surface area contributed by atoms with E-state index >= 15 is 0 Å². The van der Waals surface area contributed by atoms with Crippen LogP contribution in [0.5, 0.6) is 0 Å². The minimum atomic E-state index is -3.27. The molecular weight excluding hydrogens is 244 g/mol. The van der Waals surface area contributed by atoms with Crippen LogP contribution < -0.4 is 5.73 Å². The van der Waals surface area contributed by atoms with E-state index in [9.17, 15) is 8.42 Å². The van der Waals surface area contributed by atoms with Gasteiger partial charge in [-0.2, -0.15) is 0 Å². The summed E-state index contributed by atoms with van der Waals surface area (Å²) in [6, 6.07) is 1.43. The first-order valence-electron chi connectivity index (χ1n) is 3.02. The summed E-state index contributed by atoms with van der Waals surface area (Å²) in [5, 5.41) is 0. The van der Waals surface area contributed by atoms with Crippen LogP contribution in [0.2, 0.25) is 0 Å². The van der Waals surface area contributed by atoms with Crippen LogP contribution in [0.25, 0.3) is 0 Å². The summed E-state index contributed by atoms with van der Waals surface area (Å²) in [4.78, 5) is 3.75. The van der Waals surface area contributed by atoms with E-state index in [1.54, 1.807) is 0 Å². The number of hydrogen-bond donors (Lipinski definition) is 1. The number of nitrogens with zero attached hydrogens (tertiary/aromatic N) is 1. The summed E-state index contributed by atoms with van der Waals surface area (Å²) >= 11 is 3.11. The van der Waals surface area contributed by atoms with Crippen molar-refractivity contribution in [1.29, 1.82) is 0 Å². The minimum Gasteiger partial charge on any atom is -0.383 e. The number of rotatable bonds is 1. The summed E-state index contributed by atoms with van der Waals surface area (Å²) in [5.41, 5.74) is 5.36. The monoisotopic (exact) mass is 250 g/mol. The third-order valence-electron chi connectivity index (χ3n) is 1.25. The van der Waals surface area contributed by atoms with Gasteiger partial charge in [-0.25, -0.2) is 13.4 Å². The second-order valence-electron chi connectivity index (χ2n) is 2.31. The predicted molar refractivity (Wildman–Crippen MR) is 49.5 cm³/mol. The molecule has 1 aromatic heterocycles. The Morgan fingerprint density at radius 1 is 1.58 bits per heavy atom. The van der Waals surface area contributed by atoms with Gasteiger partial charge in [-0.05, 0) is 22.0 Å². The molecule has 0 fully saturated rings. The molecule has 1 aromatic rings. The van der Waals surface area contributed by atoms with Crippen LogP contribution >= 0.6 is 15.9 Å². The predicted octanol–water partition coefficient (Wildman–Crippen LogP) is 0.830. The SMILES string of the molecule is CS(=O)(=O)c1cc(Br)cnc1N. The molecule has 0 amide bonds. The first-order valence-corrected chi connectivity index (χ1v) is 5.71. The Labute approximate surface area is 78.8 Å². The zero-order valence-electron chi connectivity index (χ0n) is 6.28. The molecule has 1 heterocycles. The molecule has 0 aromatic carbocycles. The number of halogens is 1. The molecule has 0 spiro atoms. The van der Waals surface area contributed by atoms with Gasteiger partial charge in [0.25, 0.3) is 0 Å². The molecule has 0 unspecified atom stereocenters. The fourth-order valence-corrected chi connectivity index (χ4v) is 1.98. The third-order valence-corrected chi connectivity index (χ3v) is 2.81. The van der Waals surface area contributed by atoms with Crippen molar-refractivity contribution in [3.8, 4) is 0 Å². The van der Waals surface area contributed by atoms with Crippen LogP contribution in [0.3, 0.4) is 0 Å². The van der Waals surface area contributed by atoms with Crippen molar-refractivity contribution in [2.75, 3.05) is 12.0 Å². The molecule has 2 N–H and O–H groups in total. The van der Waals surface area contributed by atoms with Gasteiger partial charge in [0.1, 0.15) is 10.7 Å². The van der Waals surface area contributed by atoms with Crippen molar-refractivity contribution in [1.82, 2.24) is 4.98 Å². The van der Waals surface area contributed by atoms with E-state index in [2.05, 4.69) is 20.9 Å². The summed E-state index contributed by atoms with van der Waals surface area (Å²) in [6.45, 7) is 0. The Hall–Kier alpha value is -0.620. The molecule has 1 rings (SSSR count). The van der Waals surface area contributed by atoms with E-state index in [4.69, 9.17) is 5.73 Å². The van der Waals surface area contributed by atoms with Gasteiger partial charge in [-0.15, -0.1) is 0 Å². The Morgan fingerprint density at radius 2 is 2.17 bits per heavy atom. The van der Waals surface area contributed by atoms with E-state index < -0.39 is 9.84 Å². The Morgan fingerprint density at radius 3 is 2.58 bits per heavy atom. The standard InChI is InChI=1S/C6H7BrN2O2S/c1-12(10,11)5-2-4(7)3-9-6(5)8/h2-3H,1H3,(H2,8,9). The lowest BCUT2D eigenvalue weighted by molar-refractivity contribution is 0.602. The highest BCUT2D eigenvalue weighted by atomic mass is 79.9. The summed E-state index contributed by atoms with van der Waals surface area (Å²) < 4.78 is 22.7. The number of hydrogen-bond acceptors (Lipinski definition) is 4. The van der Waals surface area contributed by atoms with Crippen molar-refractivity contribution in [3.63, 3.8) is 0 Å². The van der Waals surface area contributed by atoms with Gasteiger partial charge < -0.3 is 5.73 Å². The fraction of sp³-hybridized carbons (Fsp3) is 0.167. The average Bonchev–Trinajstić information content (AvgIpc) is 1.92. The molecule has 0 aliphatic heterocycles. The van der Waals surface area contributed by atoms with Crippen molar-refractivity contribution in [3.05, 3.63) is 16.7 Å². The number of anilines is 1. The van der Waals surface area contributed by atoms with Gasteiger partial charge in [0.2, 0.25) is 0 Å². The maximum atomic E-state index is 11.1. The van der Waals surface area contributed by atoms with Crippen LogP contribution in [-0.2, 0) is 9.84 Å². The highest BCUT2D eigenvalue weighted by Crippen LogP contribution is 2.19. The van der Waals surface area contributed by atoms with Crippen LogP contribution in [0.15, 0.2) is 21.6 Å². The molecule has 0 bridgehead atoms. The molecule has 66 valence electrons. The van der Waals surface area contributed by atoms with E-state index in [0.717, 1.165) is 6.26 Å². The highest BCUT2D eigenvalue weighted by Gasteiger charge is 2.12. The second kappa shape index (κ2) is 3.02. The lowest BCUT2D eigenvalue weighted by Gasteiger charge is -2.01. The zero-order chi connectivity index (χ0) is 9.35. The minimum absolute atomic E-state index is 0.0284. The highest BCUT2D eigenvalue weighted by molar-refractivity contribution is 9.10. The van der Waals surface area contributed by atoms with Gasteiger partial charge in [0, 0.05) is 16.9 Å².